The van der Waals surface area contributed by atoms with Crippen molar-refractivity contribution < 1.29 is 0 Å². The lowest BCUT2D eigenvalue weighted by atomic mass is 10.2. The lowest BCUT2D eigenvalue weighted by molar-refractivity contribution is 0.778. The second kappa shape index (κ2) is 5.70. The normalized spacial score (nSPS) is 19.0. The fraction of sp³-hybridized carbons (Fsp3) is 0.350. The molecule has 0 amide bonds. The molecule has 0 radical (unpaired) electrons. The molecule has 4 aromatic heterocycles. The Morgan fingerprint density at radius 3 is 2.44 bits per heavy atom. The molecule has 0 N–H and O–H groups in total. The van der Waals surface area contributed by atoms with E-state index in [-0.39, 0.29) is 0 Å². The van der Waals surface area contributed by atoms with Crippen molar-refractivity contribution in [2.45, 2.75) is 46.0 Å². The first-order valence-electron chi connectivity index (χ1n) is 9.20. The second-order valence-corrected chi connectivity index (χ2v) is 7.33. The highest BCUT2D eigenvalue weighted by molar-refractivity contribution is 5.44. The van der Waals surface area contributed by atoms with Crippen LogP contribution in [-0.4, -0.2) is 34.1 Å². The third-order valence-electron chi connectivity index (χ3n) is 5.20. The number of aryl methyl sites for hydroxylation is 4. The van der Waals surface area contributed by atoms with E-state index in [9.17, 15) is 0 Å². The number of aromatic nitrogens is 7. The molecule has 4 aromatic rings. The predicted octanol–water partition coefficient (Wildman–Crippen LogP) is 3.21. The predicted molar refractivity (Wildman–Crippen MR) is 101 cm³/mol. The molecule has 2 atom stereocenters. The third kappa shape index (κ3) is 2.70. The fourth-order valence-corrected chi connectivity index (χ4v) is 3.81. The van der Waals surface area contributed by atoms with Crippen molar-refractivity contribution in [3.63, 3.8) is 0 Å². The number of imidazole rings is 1. The Bertz CT molecular complexity index is 1170. The minimum atomic E-state index is 0.376. The molecule has 0 saturated heterocycles. The molecule has 7 nitrogen and oxygen atoms in total. The van der Waals surface area contributed by atoms with Crippen molar-refractivity contribution >= 4 is 5.65 Å². The van der Waals surface area contributed by atoms with Crippen LogP contribution in [0.5, 0.6) is 0 Å². The minimum Gasteiger partial charge on any atom is -0.304 e. The van der Waals surface area contributed by atoms with Gasteiger partial charge in [0.05, 0.1) is 11.4 Å². The maximum atomic E-state index is 4.82. The first-order chi connectivity index (χ1) is 13.0. The van der Waals surface area contributed by atoms with Gasteiger partial charge in [-0.25, -0.2) is 19.9 Å². The number of pyridine rings is 1. The molecule has 0 aromatic carbocycles. The van der Waals surface area contributed by atoms with Gasteiger partial charge in [0.1, 0.15) is 23.1 Å². The standard InChI is InChI=1S/C20H21N7/c1-11-6-5-7-19-24-18(10-26(11)19)16-8-15(16)17-9-20(23-12(2)22-17)27-14(4)21-13(3)25-27/h5-7,9-10,15-16H,8H2,1-4H3/t15-,16-/m1/s1. The van der Waals surface area contributed by atoms with Gasteiger partial charge in [-0.1, -0.05) is 6.07 Å². The summed E-state index contributed by atoms with van der Waals surface area (Å²) in [5.74, 6) is 3.90. The Morgan fingerprint density at radius 1 is 0.889 bits per heavy atom. The molecule has 136 valence electrons. The molecular weight excluding hydrogens is 338 g/mol. The summed E-state index contributed by atoms with van der Waals surface area (Å²) < 4.78 is 3.95. The van der Waals surface area contributed by atoms with Crippen molar-refractivity contribution in [3.05, 3.63) is 65.0 Å². The van der Waals surface area contributed by atoms with Gasteiger partial charge in [-0.2, -0.15) is 4.68 Å². The van der Waals surface area contributed by atoms with Crippen LogP contribution in [-0.2, 0) is 0 Å². The molecule has 7 heteroatoms. The van der Waals surface area contributed by atoms with Crippen LogP contribution in [0.2, 0.25) is 0 Å². The van der Waals surface area contributed by atoms with Gasteiger partial charge in [0.2, 0.25) is 0 Å². The van der Waals surface area contributed by atoms with Gasteiger partial charge in [0.15, 0.2) is 5.82 Å². The van der Waals surface area contributed by atoms with Crippen LogP contribution in [0.4, 0.5) is 0 Å². The molecule has 1 saturated carbocycles. The van der Waals surface area contributed by atoms with Gasteiger partial charge < -0.3 is 4.40 Å². The monoisotopic (exact) mass is 359 g/mol. The second-order valence-electron chi connectivity index (χ2n) is 7.33. The third-order valence-corrected chi connectivity index (χ3v) is 5.20. The van der Waals surface area contributed by atoms with Crippen LogP contribution in [0.15, 0.2) is 30.5 Å². The number of hydrogen-bond acceptors (Lipinski definition) is 5. The van der Waals surface area contributed by atoms with Gasteiger partial charge in [0.25, 0.3) is 0 Å². The summed E-state index contributed by atoms with van der Waals surface area (Å²) in [4.78, 5) is 18.5. The molecule has 1 aliphatic carbocycles. The van der Waals surface area contributed by atoms with Crippen LogP contribution < -0.4 is 0 Å². The van der Waals surface area contributed by atoms with Crippen molar-refractivity contribution in [3.8, 4) is 5.82 Å². The zero-order valence-electron chi connectivity index (χ0n) is 15.9. The lowest BCUT2D eigenvalue weighted by Crippen LogP contribution is -2.06. The summed E-state index contributed by atoms with van der Waals surface area (Å²) in [7, 11) is 0. The van der Waals surface area contributed by atoms with Crippen LogP contribution >= 0.6 is 0 Å². The van der Waals surface area contributed by atoms with Gasteiger partial charge in [-0.15, -0.1) is 5.10 Å². The highest BCUT2D eigenvalue weighted by atomic mass is 15.4. The van der Waals surface area contributed by atoms with E-state index in [1.807, 2.05) is 32.9 Å². The average Bonchev–Trinajstić information content (AvgIpc) is 3.18. The maximum Gasteiger partial charge on any atom is 0.159 e. The van der Waals surface area contributed by atoms with E-state index in [1.54, 1.807) is 4.68 Å². The van der Waals surface area contributed by atoms with Crippen molar-refractivity contribution in [2.24, 2.45) is 0 Å². The smallest absolute Gasteiger partial charge is 0.159 e. The quantitative estimate of drug-likeness (QED) is 0.561. The first kappa shape index (κ1) is 16.1. The van der Waals surface area contributed by atoms with E-state index in [1.165, 1.54) is 5.69 Å². The van der Waals surface area contributed by atoms with E-state index in [4.69, 9.17) is 9.97 Å². The first-order valence-corrected chi connectivity index (χ1v) is 9.20. The number of rotatable bonds is 3. The Morgan fingerprint density at radius 2 is 1.70 bits per heavy atom. The Kier molecular flexibility index (Phi) is 3.40. The molecule has 0 unspecified atom stereocenters. The van der Waals surface area contributed by atoms with E-state index < -0.39 is 0 Å². The molecular formula is C20H21N7. The van der Waals surface area contributed by atoms with Crippen molar-refractivity contribution in [1.82, 2.24) is 34.1 Å². The molecule has 1 fully saturated rings. The van der Waals surface area contributed by atoms with Crippen molar-refractivity contribution in [2.75, 3.05) is 0 Å². The summed E-state index contributed by atoms with van der Waals surface area (Å²) in [6, 6.07) is 8.25. The van der Waals surface area contributed by atoms with Crippen LogP contribution in [0.25, 0.3) is 11.5 Å². The topological polar surface area (TPSA) is 73.8 Å². The molecule has 0 bridgehead atoms. The lowest BCUT2D eigenvalue weighted by Gasteiger charge is -2.06. The number of hydrogen-bond donors (Lipinski definition) is 0. The SMILES string of the molecule is Cc1nc([C@@H]2C[C@H]2c2cn3c(C)cccc3n2)cc(-n2nc(C)nc2C)n1. The van der Waals surface area contributed by atoms with Gasteiger partial charge in [-0.05, 0) is 46.2 Å². The van der Waals surface area contributed by atoms with Gasteiger partial charge >= 0.3 is 0 Å². The molecule has 27 heavy (non-hydrogen) atoms. The molecule has 1 aliphatic rings. The average molecular weight is 359 g/mol. The van der Waals surface area contributed by atoms with Crippen LogP contribution in [0, 0.1) is 27.7 Å². The van der Waals surface area contributed by atoms with Crippen LogP contribution in [0.1, 0.15) is 52.8 Å². The number of nitrogens with zero attached hydrogens (tertiary/aromatic N) is 7. The van der Waals surface area contributed by atoms with E-state index in [0.29, 0.717) is 11.8 Å². The summed E-state index contributed by atoms with van der Waals surface area (Å²) in [6.45, 7) is 7.86. The maximum absolute atomic E-state index is 4.82. The Balaban J connectivity index is 1.49. The summed E-state index contributed by atoms with van der Waals surface area (Å²) in [6.07, 6.45) is 3.23. The Hall–Kier alpha value is -3.09. The van der Waals surface area contributed by atoms with Gasteiger partial charge in [-0.3, -0.25) is 0 Å². The summed E-state index contributed by atoms with van der Waals surface area (Å²) in [5, 5.41) is 4.46. The molecule has 4 heterocycles. The Labute approximate surface area is 157 Å². The van der Waals surface area contributed by atoms with E-state index >= 15 is 0 Å². The largest absolute Gasteiger partial charge is 0.304 e. The van der Waals surface area contributed by atoms with Gasteiger partial charge in [0, 0.05) is 29.8 Å². The molecule has 5 rings (SSSR count). The molecule has 0 spiro atoms. The summed E-state index contributed by atoms with van der Waals surface area (Å²) >= 11 is 0. The minimum absolute atomic E-state index is 0.376. The van der Waals surface area contributed by atoms with E-state index in [2.05, 4.69) is 44.7 Å². The fourth-order valence-electron chi connectivity index (χ4n) is 3.81. The highest BCUT2D eigenvalue weighted by Crippen LogP contribution is 2.53. The highest BCUT2D eigenvalue weighted by Gasteiger charge is 2.42. The summed E-state index contributed by atoms with van der Waals surface area (Å²) in [5.41, 5.74) is 4.40. The molecule has 0 aliphatic heterocycles. The number of fused-ring (bicyclic) bond motifs is 1. The zero-order valence-corrected chi connectivity index (χ0v) is 15.9. The van der Waals surface area contributed by atoms with Crippen LogP contribution in [0.3, 0.4) is 0 Å². The zero-order chi connectivity index (χ0) is 18.7. The van der Waals surface area contributed by atoms with E-state index in [0.717, 1.165) is 46.7 Å². The van der Waals surface area contributed by atoms with Crippen molar-refractivity contribution in [1.29, 1.82) is 0 Å².